The highest BCUT2D eigenvalue weighted by Gasteiger charge is 2.32. The molecule has 1 atom stereocenters. The third kappa shape index (κ3) is 4.47. The molecule has 136 valence electrons. The van der Waals surface area contributed by atoms with Crippen LogP contribution in [0.4, 0.5) is 0 Å². The van der Waals surface area contributed by atoms with E-state index in [0.29, 0.717) is 25.5 Å². The highest BCUT2D eigenvalue weighted by Crippen LogP contribution is 2.27. The largest absolute Gasteiger partial charge is 0.497 e. The second-order valence-electron chi connectivity index (χ2n) is 6.31. The summed E-state index contributed by atoms with van der Waals surface area (Å²) in [5.74, 6) is 1.32. The Bertz CT molecular complexity index is 887. The standard InChI is InChI=1S/C16H21N3O4S2/c1-18(9-12-3-5-14(22-2)6-4-12)11-19-16(24)23-15(17-19)13-7-8-25(20,21)10-13/h3-6,13H,7-11H2,1-2H3/t13-/m1/s1. The summed E-state index contributed by atoms with van der Waals surface area (Å²) in [5, 5.41) is 4.39. The van der Waals surface area contributed by atoms with Crippen molar-refractivity contribution in [1.82, 2.24) is 14.7 Å². The smallest absolute Gasteiger partial charge is 0.288 e. The predicted molar refractivity (Wildman–Crippen MR) is 95.8 cm³/mol. The quantitative estimate of drug-likeness (QED) is 0.708. The summed E-state index contributed by atoms with van der Waals surface area (Å²) in [6, 6.07) is 7.85. The number of benzene rings is 1. The minimum atomic E-state index is -2.98. The highest BCUT2D eigenvalue weighted by atomic mass is 32.2. The SMILES string of the molecule is COc1ccc(CN(C)Cn2nc([C@@H]3CCS(=O)(=O)C3)oc2=S)cc1. The molecule has 0 bridgehead atoms. The van der Waals surface area contributed by atoms with Gasteiger partial charge in [0.05, 0.1) is 31.2 Å². The normalized spacial score (nSPS) is 19.4. The van der Waals surface area contributed by atoms with Crippen LogP contribution in [0.25, 0.3) is 0 Å². The number of rotatable bonds is 6. The molecule has 0 radical (unpaired) electrons. The van der Waals surface area contributed by atoms with Gasteiger partial charge in [-0.15, -0.1) is 5.10 Å². The summed E-state index contributed by atoms with van der Waals surface area (Å²) in [6.07, 6.45) is 0.541. The molecule has 1 aromatic carbocycles. The lowest BCUT2D eigenvalue weighted by Crippen LogP contribution is -2.22. The van der Waals surface area contributed by atoms with Crippen LogP contribution in [0.1, 0.15) is 23.8 Å². The highest BCUT2D eigenvalue weighted by molar-refractivity contribution is 7.91. The van der Waals surface area contributed by atoms with E-state index < -0.39 is 9.84 Å². The molecule has 0 spiro atoms. The first-order valence-electron chi connectivity index (χ1n) is 7.96. The van der Waals surface area contributed by atoms with Gasteiger partial charge in [-0.05, 0) is 43.4 Å². The molecule has 0 unspecified atom stereocenters. The maximum absolute atomic E-state index is 11.6. The molecule has 1 aromatic heterocycles. The summed E-state index contributed by atoms with van der Waals surface area (Å²) in [6.45, 7) is 1.18. The molecule has 0 saturated carbocycles. The van der Waals surface area contributed by atoms with Crippen LogP contribution in [0.15, 0.2) is 28.7 Å². The average molecular weight is 383 g/mol. The Morgan fingerprint density at radius 2 is 2.12 bits per heavy atom. The van der Waals surface area contributed by atoms with E-state index in [1.807, 2.05) is 31.3 Å². The van der Waals surface area contributed by atoms with Gasteiger partial charge in [-0.2, -0.15) is 0 Å². The zero-order chi connectivity index (χ0) is 18.0. The van der Waals surface area contributed by atoms with Crippen molar-refractivity contribution >= 4 is 22.1 Å². The second-order valence-corrected chi connectivity index (χ2v) is 8.89. The molecule has 2 aromatic rings. The van der Waals surface area contributed by atoms with Crippen LogP contribution in [0, 0.1) is 4.84 Å². The van der Waals surface area contributed by atoms with Gasteiger partial charge in [0, 0.05) is 6.54 Å². The first-order chi connectivity index (χ1) is 11.9. The van der Waals surface area contributed by atoms with Crippen LogP contribution >= 0.6 is 12.2 Å². The molecule has 0 N–H and O–H groups in total. The van der Waals surface area contributed by atoms with Gasteiger partial charge in [0.2, 0.25) is 5.89 Å². The van der Waals surface area contributed by atoms with E-state index in [1.54, 1.807) is 11.8 Å². The molecule has 3 rings (SSSR count). The molecule has 2 heterocycles. The van der Waals surface area contributed by atoms with Crippen molar-refractivity contribution in [3.8, 4) is 5.75 Å². The Labute approximate surface area is 152 Å². The maximum Gasteiger partial charge on any atom is 0.288 e. The minimum absolute atomic E-state index is 0.0873. The molecule has 7 nitrogen and oxygen atoms in total. The van der Waals surface area contributed by atoms with E-state index in [1.165, 1.54) is 0 Å². The lowest BCUT2D eigenvalue weighted by Gasteiger charge is -2.16. The van der Waals surface area contributed by atoms with Crippen molar-refractivity contribution in [2.75, 3.05) is 25.7 Å². The van der Waals surface area contributed by atoms with E-state index in [0.717, 1.165) is 11.3 Å². The Morgan fingerprint density at radius 3 is 2.72 bits per heavy atom. The topological polar surface area (TPSA) is 77.6 Å². The predicted octanol–water partition coefficient (Wildman–Crippen LogP) is 2.21. The number of sulfone groups is 1. The molecular formula is C16H21N3O4S2. The van der Waals surface area contributed by atoms with Gasteiger partial charge < -0.3 is 9.15 Å². The fourth-order valence-corrected chi connectivity index (χ4v) is 4.80. The van der Waals surface area contributed by atoms with Gasteiger partial charge in [-0.3, -0.25) is 4.90 Å². The van der Waals surface area contributed by atoms with Crippen LogP contribution in [-0.2, 0) is 23.1 Å². The van der Waals surface area contributed by atoms with E-state index in [9.17, 15) is 8.42 Å². The third-order valence-electron chi connectivity index (χ3n) is 4.19. The third-order valence-corrected chi connectivity index (χ3v) is 6.25. The van der Waals surface area contributed by atoms with E-state index in [2.05, 4.69) is 10.00 Å². The maximum atomic E-state index is 11.6. The molecule has 25 heavy (non-hydrogen) atoms. The first kappa shape index (κ1) is 18.1. The van der Waals surface area contributed by atoms with Crippen molar-refractivity contribution in [3.05, 3.63) is 40.6 Å². The van der Waals surface area contributed by atoms with Gasteiger partial charge in [-0.25, -0.2) is 13.1 Å². The van der Waals surface area contributed by atoms with Crippen molar-refractivity contribution < 1.29 is 17.6 Å². The van der Waals surface area contributed by atoms with E-state index in [-0.39, 0.29) is 22.3 Å². The van der Waals surface area contributed by atoms with Gasteiger partial charge in [0.1, 0.15) is 5.75 Å². The molecule has 0 aliphatic carbocycles. The molecule has 1 aliphatic rings. The minimum Gasteiger partial charge on any atom is -0.497 e. The summed E-state index contributed by atoms with van der Waals surface area (Å²) in [4.78, 5) is 2.32. The molecule has 1 fully saturated rings. The van der Waals surface area contributed by atoms with Crippen LogP contribution in [0.5, 0.6) is 5.75 Å². The lowest BCUT2D eigenvalue weighted by molar-refractivity contribution is 0.240. The zero-order valence-electron chi connectivity index (χ0n) is 14.2. The second kappa shape index (κ2) is 7.27. The van der Waals surface area contributed by atoms with Crippen molar-refractivity contribution in [2.45, 2.75) is 25.6 Å². The van der Waals surface area contributed by atoms with Gasteiger partial charge in [-0.1, -0.05) is 12.1 Å². The van der Waals surface area contributed by atoms with Crippen LogP contribution in [0.2, 0.25) is 0 Å². The van der Waals surface area contributed by atoms with Crippen molar-refractivity contribution in [2.24, 2.45) is 0 Å². The molecule has 0 amide bonds. The van der Waals surface area contributed by atoms with Gasteiger partial charge in [0.25, 0.3) is 4.84 Å². The van der Waals surface area contributed by atoms with Crippen molar-refractivity contribution in [1.29, 1.82) is 0 Å². The summed E-state index contributed by atoms with van der Waals surface area (Å²) < 4.78 is 35.5. The van der Waals surface area contributed by atoms with Crippen LogP contribution in [-0.4, -0.2) is 48.8 Å². The summed E-state index contributed by atoms with van der Waals surface area (Å²) in [5.41, 5.74) is 1.14. The average Bonchev–Trinajstić information content (AvgIpc) is 3.11. The number of methoxy groups -OCH3 is 1. The summed E-state index contributed by atoms with van der Waals surface area (Å²) >= 11 is 5.22. The number of nitrogens with zero attached hydrogens (tertiary/aromatic N) is 3. The van der Waals surface area contributed by atoms with Gasteiger partial charge >= 0.3 is 0 Å². The van der Waals surface area contributed by atoms with Crippen LogP contribution in [0.3, 0.4) is 0 Å². The van der Waals surface area contributed by atoms with Crippen LogP contribution < -0.4 is 4.74 Å². The number of hydrogen-bond donors (Lipinski definition) is 0. The van der Waals surface area contributed by atoms with E-state index >= 15 is 0 Å². The number of hydrogen-bond acceptors (Lipinski definition) is 7. The van der Waals surface area contributed by atoms with Gasteiger partial charge in [0.15, 0.2) is 9.84 Å². The Morgan fingerprint density at radius 1 is 1.40 bits per heavy atom. The Balaban J connectivity index is 1.65. The monoisotopic (exact) mass is 383 g/mol. The molecular weight excluding hydrogens is 362 g/mol. The summed E-state index contributed by atoms with van der Waals surface area (Å²) in [7, 11) is 0.618. The molecule has 1 saturated heterocycles. The fraction of sp³-hybridized carbons (Fsp3) is 0.500. The Hall–Kier alpha value is -1.71. The first-order valence-corrected chi connectivity index (χ1v) is 10.2. The fourth-order valence-electron chi connectivity index (χ4n) is 2.89. The number of aromatic nitrogens is 2. The molecule has 9 heteroatoms. The zero-order valence-corrected chi connectivity index (χ0v) is 15.8. The van der Waals surface area contributed by atoms with E-state index in [4.69, 9.17) is 21.4 Å². The molecule has 1 aliphatic heterocycles. The lowest BCUT2D eigenvalue weighted by atomic mass is 10.1. The number of ether oxygens (including phenoxy) is 1. The Kier molecular flexibility index (Phi) is 5.26. The van der Waals surface area contributed by atoms with Crippen molar-refractivity contribution in [3.63, 3.8) is 0 Å².